The molecule has 0 aromatic heterocycles. The van der Waals surface area contributed by atoms with E-state index in [9.17, 15) is 18.0 Å². The van der Waals surface area contributed by atoms with Gasteiger partial charge in [0.05, 0.1) is 18.2 Å². The molecule has 1 fully saturated rings. The van der Waals surface area contributed by atoms with E-state index in [1.807, 2.05) is 6.92 Å². The third kappa shape index (κ3) is 3.19. The molecule has 1 aliphatic heterocycles. The number of ether oxygens (including phenoxy) is 1. The van der Waals surface area contributed by atoms with Gasteiger partial charge in [0, 0.05) is 5.69 Å². The minimum atomic E-state index is -4.40. The van der Waals surface area contributed by atoms with E-state index >= 15 is 0 Å². The van der Waals surface area contributed by atoms with Gasteiger partial charge in [-0.3, -0.25) is 4.79 Å². The van der Waals surface area contributed by atoms with Crippen molar-refractivity contribution < 1.29 is 22.7 Å². The minimum absolute atomic E-state index is 0.269. The van der Waals surface area contributed by atoms with Crippen LogP contribution in [0, 0.1) is 0 Å². The van der Waals surface area contributed by atoms with Crippen LogP contribution in [0.25, 0.3) is 0 Å². The number of hydrogen-bond donors (Lipinski definition) is 1. The van der Waals surface area contributed by atoms with E-state index in [2.05, 4.69) is 0 Å². The molecular formula is C18H17F3N2O2. The van der Waals surface area contributed by atoms with Crippen LogP contribution in [-0.4, -0.2) is 18.6 Å². The van der Waals surface area contributed by atoms with E-state index in [1.54, 1.807) is 24.3 Å². The number of amides is 1. The van der Waals surface area contributed by atoms with E-state index in [0.29, 0.717) is 23.6 Å². The average Bonchev–Trinajstić information content (AvgIpc) is 2.59. The van der Waals surface area contributed by atoms with E-state index < -0.39 is 23.8 Å². The number of carbonyl (C=O) groups excluding carboxylic acids is 1. The van der Waals surface area contributed by atoms with Gasteiger partial charge in [0.15, 0.2) is 0 Å². The molecule has 1 heterocycles. The summed E-state index contributed by atoms with van der Waals surface area (Å²) in [6, 6.07) is 10.4. The maximum absolute atomic E-state index is 12.7. The first kappa shape index (κ1) is 17.3. The monoisotopic (exact) mass is 350 g/mol. The molecule has 0 bridgehead atoms. The van der Waals surface area contributed by atoms with Gasteiger partial charge >= 0.3 is 6.18 Å². The third-order valence-corrected chi connectivity index (χ3v) is 4.15. The average molecular weight is 350 g/mol. The van der Waals surface area contributed by atoms with Crippen molar-refractivity contribution in [1.82, 2.24) is 0 Å². The lowest BCUT2D eigenvalue weighted by molar-refractivity contribution is -0.137. The van der Waals surface area contributed by atoms with Crippen LogP contribution >= 0.6 is 0 Å². The third-order valence-electron chi connectivity index (χ3n) is 4.15. The normalized spacial score (nSPS) is 20.4. The number of carbonyl (C=O) groups is 1. The molecule has 0 radical (unpaired) electrons. The topological polar surface area (TPSA) is 55.6 Å². The van der Waals surface area contributed by atoms with E-state index in [4.69, 9.17) is 10.5 Å². The molecule has 0 spiro atoms. The van der Waals surface area contributed by atoms with Gasteiger partial charge in [-0.05, 0) is 48.9 Å². The summed E-state index contributed by atoms with van der Waals surface area (Å²) in [4.78, 5) is 13.7. The van der Waals surface area contributed by atoms with E-state index in [0.717, 1.165) is 12.1 Å². The molecule has 0 saturated carbocycles. The first-order valence-electron chi connectivity index (χ1n) is 7.81. The first-order valence-corrected chi connectivity index (χ1v) is 7.81. The molecule has 4 nitrogen and oxygen atoms in total. The van der Waals surface area contributed by atoms with Gasteiger partial charge in [-0.2, -0.15) is 13.2 Å². The fourth-order valence-corrected chi connectivity index (χ4v) is 2.89. The van der Waals surface area contributed by atoms with E-state index in [-0.39, 0.29) is 5.91 Å². The fraction of sp³-hybridized carbons (Fsp3) is 0.278. The molecule has 1 saturated heterocycles. The molecule has 25 heavy (non-hydrogen) atoms. The number of benzene rings is 2. The summed E-state index contributed by atoms with van der Waals surface area (Å²) in [7, 11) is 0. The second-order valence-corrected chi connectivity index (χ2v) is 5.73. The number of anilines is 1. The molecule has 2 aromatic carbocycles. The van der Waals surface area contributed by atoms with Gasteiger partial charge in [0.2, 0.25) is 5.91 Å². The van der Waals surface area contributed by atoms with Crippen molar-refractivity contribution in [3.63, 3.8) is 0 Å². The lowest BCUT2D eigenvalue weighted by Gasteiger charge is -2.45. The maximum atomic E-state index is 12.7. The predicted octanol–water partition coefficient (Wildman–Crippen LogP) is 3.52. The quantitative estimate of drug-likeness (QED) is 0.859. The maximum Gasteiger partial charge on any atom is 0.416 e. The molecule has 1 aliphatic rings. The summed E-state index contributed by atoms with van der Waals surface area (Å²) in [6.45, 7) is 2.40. The standard InChI is InChI=1S/C18H17F3N2O2/c1-2-25-14-9-7-13(8-10-14)23-16(15(22)17(23)24)11-3-5-12(6-4-11)18(19,20)21/h3-10,15-16H,2,22H2,1H3. The number of nitrogens with zero attached hydrogens (tertiary/aromatic N) is 1. The van der Waals surface area contributed by atoms with Crippen LogP contribution in [0.15, 0.2) is 48.5 Å². The van der Waals surface area contributed by atoms with Crippen molar-refractivity contribution in [3.8, 4) is 5.75 Å². The molecule has 2 aromatic rings. The van der Waals surface area contributed by atoms with Gasteiger partial charge < -0.3 is 15.4 Å². The van der Waals surface area contributed by atoms with Gasteiger partial charge in [0.1, 0.15) is 11.8 Å². The minimum Gasteiger partial charge on any atom is -0.494 e. The van der Waals surface area contributed by atoms with Crippen LogP contribution in [-0.2, 0) is 11.0 Å². The van der Waals surface area contributed by atoms with Crippen molar-refractivity contribution in [2.75, 3.05) is 11.5 Å². The largest absolute Gasteiger partial charge is 0.494 e. The van der Waals surface area contributed by atoms with Gasteiger partial charge in [0.25, 0.3) is 0 Å². The lowest BCUT2D eigenvalue weighted by atomic mass is 9.88. The predicted molar refractivity (Wildman–Crippen MR) is 87.3 cm³/mol. The van der Waals surface area contributed by atoms with Crippen molar-refractivity contribution in [2.24, 2.45) is 5.73 Å². The second-order valence-electron chi connectivity index (χ2n) is 5.73. The highest BCUT2D eigenvalue weighted by Crippen LogP contribution is 2.39. The summed E-state index contributed by atoms with van der Waals surface area (Å²) in [5.41, 5.74) is 6.35. The smallest absolute Gasteiger partial charge is 0.416 e. The first-order chi connectivity index (χ1) is 11.8. The summed E-state index contributed by atoms with van der Waals surface area (Å²) in [5.74, 6) is 0.406. The fourth-order valence-electron chi connectivity index (χ4n) is 2.89. The number of alkyl halides is 3. The number of rotatable bonds is 4. The molecule has 3 rings (SSSR count). The Bertz CT molecular complexity index is 757. The van der Waals surface area contributed by atoms with Crippen LogP contribution < -0.4 is 15.4 Å². The van der Waals surface area contributed by atoms with Gasteiger partial charge in [-0.25, -0.2) is 0 Å². The molecular weight excluding hydrogens is 333 g/mol. The molecule has 7 heteroatoms. The SMILES string of the molecule is CCOc1ccc(N2C(=O)C(N)C2c2ccc(C(F)(F)F)cc2)cc1. The summed E-state index contributed by atoms with van der Waals surface area (Å²) in [6.07, 6.45) is -4.40. The molecule has 1 amide bonds. The Kier molecular flexibility index (Phi) is 4.43. The highest BCUT2D eigenvalue weighted by atomic mass is 19.4. The summed E-state index contributed by atoms with van der Waals surface area (Å²) in [5, 5.41) is 0. The zero-order valence-corrected chi connectivity index (χ0v) is 13.5. The summed E-state index contributed by atoms with van der Waals surface area (Å²) >= 11 is 0. The highest BCUT2D eigenvalue weighted by molar-refractivity contribution is 6.05. The Morgan fingerprint density at radius 1 is 1.08 bits per heavy atom. The van der Waals surface area contributed by atoms with Crippen LogP contribution in [0.4, 0.5) is 18.9 Å². The highest BCUT2D eigenvalue weighted by Gasteiger charge is 2.46. The number of β-lactam (4-membered cyclic amide) rings is 1. The molecule has 0 aliphatic carbocycles. The lowest BCUT2D eigenvalue weighted by Crippen LogP contribution is -2.63. The van der Waals surface area contributed by atoms with Crippen molar-refractivity contribution in [1.29, 1.82) is 0 Å². The Balaban J connectivity index is 1.86. The number of halogens is 3. The van der Waals surface area contributed by atoms with Crippen molar-refractivity contribution in [2.45, 2.75) is 25.2 Å². The molecule has 2 atom stereocenters. The van der Waals surface area contributed by atoms with Crippen molar-refractivity contribution in [3.05, 3.63) is 59.7 Å². The number of nitrogens with two attached hydrogens (primary N) is 1. The molecule has 2 N–H and O–H groups in total. The second kappa shape index (κ2) is 6.40. The Hall–Kier alpha value is -2.54. The van der Waals surface area contributed by atoms with E-state index in [1.165, 1.54) is 17.0 Å². The Labute approximate surface area is 143 Å². The van der Waals surface area contributed by atoms with Gasteiger partial charge in [-0.1, -0.05) is 12.1 Å². The van der Waals surface area contributed by atoms with Crippen LogP contribution in [0.1, 0.15) is 24.1 Å². The van der Waals surface area contributed by atoms with Gasteiger partial charge in [-0.15, -0.1) is 0 Å². The Morgan fingerprint density at radius 3 is 2.20 bits per heavy atom. The van der Waals surface area contributed by atoms with Crippen LogP contribution in [0.5, 0.6) is 5.75 Å². The molecule has 2 unspecified atom stereocenters. The zero-order valence-electron chi connectivity index (χ0n) is 13.5. The number of hydrogen-bond acceptors (Lipinski definition) is 3. The van der Waals surface area contributed by atoms with Crippen LogP contribution in [0.3, 0.4) is 0 Å². The molecule has 132 valence electrons. The zero-order chi connectivity index (χ0) is 18.2. The Morgan fingerprint density at radius 2 is 1.68 bits per heavy atom. The summed E-state index contributed by atoms with van der Waals surface area (Å²) < 4.78 is 43.5. The van der Waals surface area contributed by atoms with Crippen molar-refractivity contribution >= 4 is 11.6 Å². The van der Waals surface area contributed by atoms with Crippen LogP contribution in [0.2, 0.25) is 0 Å².